The standard InChI is InChI=1S/C38H41O9P/c1-26-5-13-30(14-6-26)22-42-36-35(46-38(40)37(36)43-23-31-15-7-27(2)8-16-31)34(21-39)47-48(41,44-24-32-17-9-28(3)10-18-32)45-25-33-19-11-29(4)12-20-33/h5-20,34-35,39H,21-25H2,1-4H3/t34-,35+/m0/s1. The molecule has 10 heteroatoms. The van der Waals surface area contributed by atoms with Crippen molar-refractivity contribution in [3.05, 3.63) is 153 Å². The van der Waals surface area contributed by atoms with Crippen molar-refractivity contribution in [3.8, 4) is 0 Å². The van der Waals surface area contributed by atoms with Gasteiger partial charge in [-0.05, 0) is 49.9 Å². The van der Waals surface area contributed by atoms with Crippen molar-refractivity contribution in [1.82, 2.24) is 0 Å². The minimum atomic E-state index is -4.39. The van der Waals surface area contributed by atoms with Gasteiger partial charge in [0.15, 0.2) is 11.9 Å². The SMILES string of the molecule is Cc1ccc(COC2=C(OCc3ccc(C)cc3)[C@@H]([C@H](CO)OP(=O)(OCc3ccc(C)cc3)OCc3ccc(C)cc3)OC2=O)cc1. The number of hydrogen-bond donors (Lipinski definition) is 1. The van der Waals surface area contributed by atoms with Gasteiger partial charge in [0.05, 0.1) is 19.8 Å². The summed E-state index contributed by atoms with van der Waals surface area (Å²) in [7, 11) is -4.39. The summed E-state index contributed by atoms with van der Waals surface area (Å²) in [5, 5.41) is 10.6. The summed E-state index contributed by atoms with van der Waals surface area (Å²) in [6.45, 7) is 7.13. The number of phosphoric ester groups is 1. The zero-order chi connectivity index (χ0) is 34.1. The molecule has 0 spiro atoms. The summed E-state index contributed by atoms with van der Waals surface area (Å²) in [6.07, 6.45) is -2.69. The van der Waals surface area contributed by atoms with Gasteiger partial charge in [0, 0.05) is 0 Å². The number of phosphoric acid groups is 1. The maximum atomic E-state index is 14.2. The van der Waals surface area contributed by atoms with Gasteiger partial charge in [-0.2, -0.15) is 0 Å². The monoisotopic (exact) mass is 672 g/mol. The highest BCUT2D eigenvalue weighted by Crippen LogP contribution is 2.53. The Morgan fingerprint density at radius 2 is 1.00 bits per heavy atom. The van der Waals surface area contributed by atoms with Crippen LogP contribution in [-0.4, -0.2) is 29.9 Å². The van der Waals surface area contributed by atoms with E-state index in [1.54, 1.807) is 0 Å². The molecule has 0 saturated carbocycles. The first-order chi connectivity index (χ1) is 23.1. The van der Waals surface area contributed by atoms with Crippen molar-refractivity contribution >= 4 is 13.8 Å². The molecule has 0 aliphatic carbocycles. The first-order valence-corrected chi connectivity index (χ1v) is 17.2. The third-order valence-electron chi connectivity index (χ3n) is 7.72. The zero-order valence-electron chi connectivity index (χ0n) is 27.6. The Bertz CT molecular complexity index is 1680. The van der Waals surface area contributed by atoms with Gasteiger partial charge >= 0.3 is 13.8 Å². The molecule has 1 N–H and O–H groups in total. The third kappa shape index (κ3) is 9.66. The molecule has 1 aliphatic heterocycles. The van der Waals surface area contributed by atoms with Crippen LogP contribution in [0, 0.1) is 27.7 Å². The molecule has 4 aromatic carbocycles. The number of esters is 1. The molecule has 0 aromatic heterocycles. The van der Waals surface area contributed by atoms with E-state index in [4.69, 9.17) is 27.8 Å². The van der Waals surface area contributed by atoms with Crippen LogP contribution in [0.4, 0.5) is 0 Å². The van der Waals surface area contributed by atoms with E-state index in [9.17, 15) is 14.5 Å². The van der Waals surface area contributed by atoms with Crippen molar-refractivity contribution in [2.45, 2.75) is 66.3 Å². The Kier molecular flexibility index (Phi) is 11.9. The maximum absolute atomic E-state index is 14.2. The second-order valence-electron chi connectivity index (χ2n) is 11.9. The van der Waals surface area contributed by atoms with Gasteiger partial charge in [0.25, 0.3) is 0 Å². The van der Waals surface area contributed by atoms with Gasteiger partial charge in [0.2, 0.25) is 5.76 Å². The summed E-state index contributed by atoms with van der Waals surface area (Å²) < 4.78 is 49.6. The van der Waals surface area contributed by atoms with Crippen LogP contribution in [0.25, 0.3) is 0 Å². The molecule has 0 radical (unpaired) electrons. The highest BCUT2D eigenvalue weighted by molar-refractivity contribution is 7.48. The highest BCUT2D eigenvalue weighted by Gasteiger charge is 2.46. The van der Waals surface area contributed by atoms with Crippen LogP contribution in [0.2, 0.25) is 0 Å². The summed E-state index contributed by atoms with van der Waals surface area (Å²) in [6, 6.07) is 30.4. The predicted octanol–water partition coefficient (Wildman–Crippen LogP) is 7.71. The van der Waals surface area contributed by atoms with Gasteiger partial charge in [-0.3, -0.25) is 13.6 Å². The van der Waals surface area contributed by atoms with Crippen LogP contribution in [0.1, 0.15) is 44.5 Å². The first kappa shape index (κ1) is 35.1. The fourth-order valence-electron chi connectivity index (χ4n) is 4.78. The number of carbonyl (C=O) groups excluding carboxylic acids is 1. The Morgan fingerprint density at radius 1 is 0.625 bits per heavy atom. The smallest absolute Gasteiger partial charge is 0.475 e. The first-order valence-electron chi connectivity index (χ1n) is 15.7. The van der Waals surface area contributed by atoms with Crippen molar-refractivity contribution in [2.24, 2.45) is 0 Å². The van der Waals surface area contributed by atoms with E-state index < -0.39 is 32.6 Å². The molecule has 0 bridgehead atoms. The largest absolute Gasteiger partial charge is 0.485 e. The number of carbonyl (C=O) groups is 1. The summed E-state index contributed by atoms with van der Waals surface area (Å²) >= 11 is 0. The number of aliphatic hydroxyl groups excluding tert-OH is 1. The molecule has 4 aromatic rings. The van der Waals surface area contributed by atoms with Gasteiger partial charge in [-0.1, -0.05) is 119 Å². The molecule has 5 rings (SSSR count). The van der Waals surface area contributed by atoms with Crippen LogP contribution in [0.15, 0.2) is 109 Å². The predicted molar refractivity (Wildman–Crippen MR) is 180 cm³/mol. The molecule has 1 heterocycles. The molecule has 9 nitrogen and oxygen atoms in total. The molecule has 1 aliphatic rings. The third-order valence-corrected chi connectivity index (χ3v) is 9.14. The highest BCUT2D eigenvalue weighted by atomic mass is 31.2. The van der Waals surface area contributed by atoms with Crippen molar-refractivity contribution in [1.29, 1.82) is 0 Å². The summed E-state index contributed by atoms with van der Waals surface area (Å²) in [4.78, 5) is 13.2. The Hall–Kier alpha value is -4.24. The lowest BCUT2D eigenvalue weighted by atomic mass is 10.1. The number of cyclic esters (lactones) is 1. The molecule has 252 valence electrons. The number of rotatable bonds is 16. The average Bonchev–Trinajstić information content (AvgIpc) is 3.40. The van der Waals surface area contributed by atoms with E-state index in [0.717, 1.165) is 44.5 Å². The molecule has 2 atom stereocenters. The molecule has 0 amide bonds. The van der Waals surface area contributed by atoms with E-state index in [1.165, 1.54) is 0 Å². The molecular weight excluding hydrogens is 631 g/mol. The van der Waals surface area contributed by atoms with Crippen LogP contribution >= 0.6 is 7.82 Å². The van der Waals surface area contributed by atoms with E-state index >= 15 is 0 Å². The lowest BCUT2D eigenvalue weighted by Crippen LogP contribution is -2.35. The lowest BCUT2D eigenvalue weighted by molar-refractivity contribution is -0.148. The number of ether oxygens (including phenoxy) is 3. The summed E-state index contributed by atoms with van der Waals surface area (Å²) in [5.41, 5.74) is 7.43. The molecule has 0 unspecified atom stereocenters. The lowest BCUT2D eigenvalue weighted by Gasteiger charge is -2.27. The Balaban J connectivity index is 1.40. The van der Waals surface area contributed by atoms with Gasteiger partial charge in [0.1, 0.15) is 19.3 Å². The van der Waals surface area contributed by atoms with Crippen LogP contribution < -0.4 is 0 Å². The zero-order valence-corrected chi connectivity index (χ0v) is 28.5. The topological polar surface area (TPSA) is 110 Å². The van der Waals surface area contributed by atoms with Crippen molar-refractivity contribution in [3.63, 3.8) is 0 Å². The van der Waals surface area contributed by atoms with E-state index in [0.29, 0.717) is 0 Å². The van der Waals surface area contributed by atoms with Crippen LogP contribution in [0.3, 0.4) is 0 Å². The number of aryl methyl sites for hydroxylation is 4. The second-order valence-corrected chi connectivity index (χ2v) is 13.5. The number of hydrogen-bond acceptors (Lipinski definition) is 9. The van der Waals surface area contributed by atoms with Gasteiger partial charge in [-0.25, -0.2) is 9.36 Å². The minimum absolute atomic E-state index is 0.00959. The normalized spacial score (nSPS) is 15.4. The fraction of sp³-hybridized carbons (Fsp3) is 0.289. The quantitative estimate of drug-likeness (QED) is 0.0946. The average molecular weight is 673 g/mol. The Labute approximate surface area is 281 Å². The van der Waals surface area contributed by atoms with E-state index in [2.05, 4.69) is 0 Å². The summed E-state index contributed by atoms with van der Waals surface area (Å²) in [5.74, 6) is -0.954. The van der Waals surface area contributed by atoms with Gasteiger partial charge < -0.3 is 19.3 Å². The van der Waals surface area contributed by atoms with Crippen LogP contribution in [-0.2, 0) is 63.6 Å². The molecule has 0 saturated heterocycles. The van der Waals surface area contributed by atoms with Gasteiger partial charge in [-0.15, -0.1) is 0 Å². The van der Waals surface area contributed by atoms with Crippen molar-refractivity contribution in [2.75, 3.05) is 6.61 Å². The second kappa shape index (κ2) is 16.2. The van der Waals surface area contributed by atoms with Crippen LogP contribution in [0.5, 0.6) is 0 Å². The van der Waals surface area contributed by atoms with Crippen molar-refractivity contribution < 1.29 is 42.2 Å². The minimum Gasteiger partial charge on any atom is -0.485 e. The molecular formula is C38H41O9P. The Morgan fingerprint density at radius 3 is 1.40 bits per heavy atom. The fourth-order valence-corrected chi connectivity index (χ4v) is 6.10. The van der Waals surface area contributed by atoms with E-state index in [-0.39, 0.29) is 37.9 Å². The van der Waals surface area contributed by atoms with E-state index in [1.807, 2.05) is 125 Å². The molecule has 0 fully saturated rings. The maximum Gasteiger partial charge on any atom is 0.475 e. The number of aliphatic hydroxyl groups is 1. The molecule has 48 heavy (non-hydrogen) atoms. The number of benzene rings is 4.